The summed E-state index contributed by atoms with van der Waals surface area (Å²) in [6, 6.07) is 7.67. The molecular weight excluding hydrogens is 206 g/mol. The van der Waals surface area contributed by atoms with Crippen LogP contribution in [-0.2, 0) is 0 Å². The molecule has 0 atom stereocenters. The molecule has 2 N–H and O–H groups in total. The first-order valence-electron chi connectivity index (χ1n) is 4.57. The zero-order chi connectivity index (χ0) is 10.7. The first kappa shape index (κ1) is 9.98. The van der Waals surface area contributed by atoms with Crippen LogP contribution in [0.2, 0.25) is 0 Å². The highest BCUT2D eigenvalue weighted by atomic mass is 32.2. The van der Waals surface area contributed by atoms with Gasteiger partial charge < -0.3 is 5.73 Å². The fourth-order valence-corrected chi connectivity index (χ4v) is 1.98. The van der Waals surface area contributed by atoms with E-state index in [4.69, 9.17) is 5.73 Å². The molecule has 0 fully saturated rings. The molecule has 2 aromatic rings. The van der Waals surface area contributed by atoms with Crippen LogP contribution < -0.4 is 5.73 Å². The Morgan fingerprint density at radius 2 is 2.00 bits per heavy atom. The minimum Gasteiger partial charge on any atom is -0.396 e. The number of pyridine rings is 2. The molecule has 0 amide bonds. The number of hydrogen-bond donors (Lipinski definition) is 1. The number of aryl methyl sites for hydroxylation is 1. The van der Waals surface area contributed by atoms with Crippen molar-refractivity contribution in [2.24, 2.45) is 0 Å². The van der Waals surface area contributed by atoms with Gasteiger partial charge in [0, 0.05) is 12.4 Å². The molecule has 2 heterocycles. The molecular formula is C11H11N3S. The van der Waals surface area contributed by atoms with Gasteiger partial charge in [-0.3, -0.25) is 0 Å². The second-order valence-corrected chi connectivity index (χ2v) is 4.13. The molecule has 2 aromatic heterocycles. The third-order valence-electron chi connectivity index (χ3n) is 2.01. The maximum atomic E-state index is 5.92. The zero-order valence-corrected chi connectivity index (χ0v) is 9.16. The summed E-state index contributed by atoms with van der Waals surface area (Å²) in [5.41, 5.74) is 7.69. The SMILES string of the molecule is Cc1ccnc(Sc2ccccn2)c1N. The fraction of sp³-hybridized carbons (Fsp3) is 0.0909. The Morgan fingerprint density at radius 3 is 2.73 bits per heavy atom. The Kier molecular flexibility index (Phi) is 2.87. The van der Waals surface area contributed by atoms with Crippen molar-refractivity contribution in [1.82, 2.24) is 9.97 Å². The molecule has 0 aliphatic carbocycles. The second kappa shape index (κ2) is 4.31. The van der Waals surface area contributed by atoms with Gasteiger partial charge in [-0.2, -0.15) is 0 Å². The van der Waals surface area contributed by atoms with Gasteiger partial charge >= 0.3 is 0 Å². The van der Waals surface area contributed by atoms with E-state index in [1.54, 1.807) is 12.4 Å². The van der Waals surface area contributed by atoms with Crippen molar-refractivity contribution < 1.29 is 0 Å². The number of rotatable bonds is 2. The summed E-state index contributed by atoms with van der Waals surface area (Å²) in [6.07, 6.45) is 3.52. The van der Waals surface area contributed by atoms with E-state index in [1.807, 2.05) is 31.2 Å². The highest BCUT2D eigenvalue weighted by Crippen LogP contribution is 2.29. The predicted molar refractivity (Wildman–Crippen MR) is 61.7 cm³/mol. The van der Waals surface area contributed by atoms with E-state index < -0.39 is 0 Å². The van der Waals surface area contributed by atoms with E-state index >= 15 is 0 Å². The molecule has 0 spiro atoms. The van der Waals surface area contributed by atoms with Crippen LogP contribution in [0.5, 0.6) is 0 Å². The molecule has 3 nitrogen and oxygen atoms in total. The minimum atomic E-state index is 0.730. The molecule has 0 radical (unpaired) electrons. The zero-order valence-electron chi connectivity index (χ0n) is 8.34. The Morgan fingerprint density at radius 1 is 1.13 bits per heavy atom. The molecule has 2 rings (SSSR count). The predicted octanol–water partition coefficient (Wildman–Crippen LogP) is 2.52. The molecule has 0 saturated heterocycles. The van der Waals surface area contributed by atoms with Crippen molar-refractivity contribution in [3.8, 4) is 0 Å². The molecule has 0 aliphatic rings. The number of nitrogens with zero attached hydrogens (tertiary/aromatic N) is 2. The van der Waals surface area contributed by atoms with Crippen molar-refractivity contribution in [3.63, 3.8) is 0 Å². The number of nitrogen functional groups attached to an aromatic ring is 1. The first-order chi connectivity index (χ1) is 7.27. The smallest absolute Gasteiger partial charge is 0.125 e. The minimum absolute atomic E-state index is 0.730. The summed E-state index contributed by atoms with van der Waals surface area (Å²) < 4.78 is 0. The first-order valence-corrected chi connectivity index (χ1v) is 5.39. The standard InChI is InChI=1S/C11H11N3S/c1-8-5-7-14-11(10(8)12)15-9-4-2-3-6-13-9/h2-7H,12H2,1H3. The van der Waals surface area contributed by atoms with Crippen LogP contribution in [0, 0.1) is 6.92 Å². The van der Waals surface area contributed by atoms with E-state index in [1.165, 1.54) is 11.8 Å². The van der Waals surface area contributed by atoms with Crippen LogP contribution in [0.3, 0.4) is 0 Å². The number of anilines is 1. The van der Waals surface area contributed by atoms with E-state index in [9.17, 15) is 0 Å². The normalized spacial score (nSPS) is 10.2. The third-order valence-corrected chi connectivity index (χ3v) is 2.98. The van der Waals surface area contributed by atoms with Crippen LogP contribution in [0.4, 0.5) is 5.69 Å². The van der Waals surface area contributed by atoms with Crippen molar-refractivity contribution in [2.75, 3.05) is 5.73 Å². The summed E-state index contributed by atoms with van der Waals surface area (Å²) in [6.45, 7) is 1.97. The Labute approximate surface area is 92.8 Å². The Bertz CT molecular complexity index is 457. The van der Waals surface area contributed by atoms with Crippen LogP contribution in [0.15, 0.2) is 46.7 Å². The van der Waals surface area contributed by atoms with E-state index in [0.29, 0.717) is 0 Å². The third kappa shape index (κ3) is 2.27. The lowest BCUT2D eigenvalue weighted by molar-refractivity contribution is 1.09. The lowest BCUT2D eigenvalue weighted by atomic mass is 10.3. The second-order valence-electron chi connectivity index (χ2n) is 3.12. The quantitative estimate of drug-likeness (QED) is 0.839. The topological polar surface area (TPSA) is 51.8 Å². The summed E-state index contributed by atoms with van der Waals surface area (Å²) in [4.78, 5) is 8.44. The number of aromatic nitrogens is 2. The molecule has 0 aromatic carbocycles. The summed E-state index contributed by atoms with van der Waals surface area (Å²) in [7, 11) is 0. The molecule has 0 saturated carbocycles. The van der Waals surface area contributed by atoms with Gasteiger partial charge in [0.25, 0.3) is 0 Å². The van der Waals surface area contributed by atoms with Crippen molar-refractivity contribution >= 4 is 17.4 Å². The lowest BCUT2D eigenvalue weighted by Gasteiger charge is -2.05. The number of hydrogen-bond acceptors (Lipinski definition) is 4. The van der Waals surface area contributed by atoms with Crippen molar-refractivity contribution in [1.29, 1.82) is 0 Å². The summed E-state index contributed by atoms with van der Waals surface area (Å²) in [5.74, 6) is 0. The monoisotopic (exact) mass is 217 g/mol. The molecule has 4 heteroatoms. The van der Waals surface area contributed by atoms with Gasteiger partial charge in [0.15, 0.2) is 0 Å². The maximum Gasteiger partial charge on any atom is 0.125 e. The van der Waals surface area contributed by atoms with Gasteiger partial charge in [-0.25, -0.2) is 9.97 Å². The summed E-state index contributed by atoms with van der Waals surface area (Å²) in [5, 5.41) is 1.72. The summed E-state index contributed by atoms with van der Waals surface area (Å²) >= 11 is 1.48. The van der Waals surface area contributed by atoms with Gasteiger partial charge in [0.05, 0.1) is 5.69 Å². The van der Waals surface area contributed by atoms with E-state index in [2.05, 4.69) is 9.97 Å². The van der Waals surface area contributed by atoms with Crippen LogP contribution in [-0.4, -0.2) is 9.97 Å². The van der Waals surface area contributed by atoms with Gasteiger partial charge in [0.2, 0.25) is 0 Å². The van der Waals surface area contributed by atoms with Gasteiger partial charge in [-0.1, -0.05) is 6.07 Å². The lowest BCUT2D eigenvalue weighted by Crippen LogP contribution is -1.94. The molecule has 15 heavy (non-hydrogen) atoms. The maximum absolute atomic E-state index is 5.92. The van der Waals surface area contributed by atoms with Gasteiger partial charge in [-0.15, -0.1) is 0 Å². The van der Waals surface area contributed by atoms with E-state index in [-0.39, 0.29) is 0 Å². The van der Waals surface area contributed by atoms with E-state index in [0.717, 1.165) is 21.3 Å². The Hall–Kier alpha value is -1.55. The largest absolute Gasteiger partial charge is 0.396 e. The van der Waals surface area contributed by atoms with Crippen molar-refractivity contribution in [3.05, 3.63) is 42.2 Å². The van der Waals surface area contributed by atoms with Crippen LogP contribution in [0.25, 0.3) is 0 Å². The average molecular weight is 217 g/mol. The van der Waals surface area contributed by atoms with Gasteiger partial charge in [-0.05, 0) is 42.4 Å². The highest BCUT2D eigenvalue weighted by Gasteiger charge is 2.05. The van der Waals surface area contributed by atoms with Crippen LogP contribution in [0.1, 0.15) is 5.56 Å². The van der Waals surface area contributed by atoms with Crippen LogP contribution >= 0.6 is 11.8 Å². The molecule has 0 aliphatic heterocycles. The fourth-order valence-electron chi connectivity index (χ4n) is 1.13. The molecule has 0 unspecified atom stereocenters. The number of nitrogens with two attached hydrogens (primary N) is 1. The average Bonchev–Trinajstić information content (AvgIpc) is 2.26. The molecule has 76 valence electrons. The molecule has 0 bridgehead atoms. The van der Waals surface area contributed by atoms with Gasteiger partial charge in [0.1, 0.15) is 10.1 Å². The Balaban J connectivity index is 2.29. The highest BCUT2D eigenvalue weighted by molar-refractivity contribution is 7.99. The van der Waals surface area contributed by atoms with Crippen molar-refractivity contribution in [2.45, 2.75) is 17.0 Å².